The number of nitrogens with one attached hydrogen (secondary N) is 1. The Morgan fingerprint density at radius 2 is 1.93 bits per heavy atom. The average molecular weight is 431 g/mol. The molecule has 0 radical (unpaired) electrons. The van der Waals surface area contributed by atoms with Crippen molar-refractivity contribution in [2.24, 2.45) is 0 Å². The normalized spacial score (nSPS) is 13.7. The zero-order valence-corrected chi connectivity index (χ0v) is 16.2. The number of hydrogen-bond donors (Lipinski definition) is 2. The molecule has 1 aromatic carbocycles. The van der Waals surface area contributed by atoms with Crippen molar-refractivity contribution < 1.29 is 36.9 Å². The van der Waals surface area contributed by atoms with Gasteiger partial charge in [-0.1, -0.05) is 12.1 Å². The first-order valence-electron chi connectivity index (χ1n) is 8.93. The second-order valence-corrected chi connectivity index (χ2v) is 6.32. The van der Waals surface area contributed by atoms with Crippen molar-refractivity contribution >= 4 is 17.6 Å². The van der Waals surface area contributed by atoms with Gasteiger partial charge in [0.2, 0.25) is 5.95 Å². The molecule has 0 fully saturated rings. The SMILES string of the molecule is CCO[C@@H](c1ccc(C(COC)CC(=O)O)cc1Nc1ncc(F)cn1)C(F)(F)F. The Bertz CT molecular complexity index is 847. The molecule has 1 unspecified atom stereocenters. The van der Waals surface area contributed by atoms with Crippen molar-refractivity contribution in [1.82, 2.24) is 9.97 Å². The molecule has 2 aromatic rings. The molecule has 11 heteroatoms. The highest BCUT2D eigenvalue weighted by Gasteiger charge is 2.43. The van der Waals surface area contributed by atoms with Crippen LogP contribution in [0.3, 0.4) is 0 Å². The van der Waals surface area contributed by atoms with Crippen LogP contribution in [0.5, 0.6) is 0 Å². The highest BCUT2D eigenvalue weighted by atomic mass is 19.4. The maximum Gasteiger partial charge on any atom is 0.418 e. The van der Waals surface area contributed by atoms with Crippen molar-refractivity contribution in [3.63, 3.8) is 0 Å². The predicted molar refractivity (Wildman–Crippen MR) is 99.0 cm³/mol. The van der Waals surface area contributed by atoms with Crippen LogP contribution in [0.2, 0.25) is 0 Å². The van der Waals surface area contributed by atoms with Crippen LogP contribution in [-0.4, -0.2) is 47.5 Å². The highest BCUT2D eigenvalue weighted by Crippen LogP contribution is 2.41. The molecule has 164 valence electrons. The van der Waals surface area contributed by atoms with Gasteiger partial charge in [0.15, 0.2) is 11.9 Å². The van der Waals surface area contributed by atoms with E-state index in [1.807, 2.05) is 0 Å². The number of rotatable bonds is 10. The molecule has 2 N–H and O–H groups in total. The van der Waals surface area contributed by atoms with E-state index in [0.717, 1.165) is 12.4 Å². The lowest BCUT2D eigenvalue weighted by molar-refractivity contribution is -0.222. The van der Waals surface area contributed by atoms with E-state index in [4.69, 9.17) is 14.6 Å². The number of carbonyl (C=O) groups is 1. The fraction of sp³-hybridized carbons (Fsp3) is 0.421. The third-order valence-electron chi connectivity index (χ3n) is 4.12. The number of methoxy groups -OCH3 is 1. The van der Waals surface area contributed by atoms with Gasteiger partial charge in [-0.3, -0.25) is 4.79 Å². The molecular formula is C19H21F4N3O4. The maximum atomic E-state index is 13.6. The number of halogens is 4. The fourth-order valence-corrected chi connectivity index (χ4v) is 2.87. The summed E-state index contributed by atoms with van der Waals surface area (Å²) in [6.07, 6.45) is -5.50. The van der Waals surface area contributed by atoms with Gasteiger partial charge < -0.3 is 19.9 Å². The monoisotopic (exact) mass is 431 g/mol. The first kappa shape index (κ1) is 23.5. The molecular weight excluding hydrogens is 410 g/mol. The van der Waals surface area contributed by atoms with E-state index in [1.165, 1.54) is 32.2 Å². The molecule has 1 heterocycles. The summed E-state index contributed by atoms with van der Waals surface area (Å²) < 4.78 is 63.8. The van der Waals surface area contributed by atoms with Gasteiger partial charge in [-0.25, -0.2) is 14.4 Å². The topological polar surface area (TPSA) is 93.6 Å². The van der Waals surface area contributed by atoms with E-state index in [-0.39, 0.29) is 36.8 Å². The van der Waals surface area contributed by atoms with E-state index in [1.54, 1.807) is 0 Å². The van der Waals surface area contributed by atoms with Gasteiger partial charge in [-0.15, -0.1) is 0 Å². The van der Waals surface area contributed by atoms with E-state index in [2.05, 4.69) is 15.3 Å². The van der Waals surface area contributed by atoms with Gasteiger partial charge in [-0.2, -0.15) is 13.2 Å². The minimum atomic E-state index is -4.70. The van der Waals surface area contributed by atoms with Gasteiger partial charge in [0.05, 0.1) is 25.4 Å². The smallest absolute Gasteiger partial charge is 0.418 e. The summed E-state index contributed by atoms with van der Waals surface area (Å²) in [6.45, 7) is 1.29. The Morgan fingerprint density at radius 3 is 2.47 bits per heavy atom. The Morgan fingerprint density at radius 1 is 1.27 bits per heavy atom. The van der Waals surface area contributed by atoms with Crippen LogP contribution < -0.4 is 5.32 Å². The molecule has 0 saturated heterocycles. The Balaban J connectivity index is 2.54. The summed E-state index contributed by atoms with van der Waals surface area (Å²) in [5.74, 6) is -2.53. The van der Waals surface area contributed by atoms with Gasteiger partial charge in [0, 0.05) is 30.9 Å². The number of aromatic nitrogens is 2. The van der Waals surface area contributed by atoms with Crippen LogP contribution in [0.4, 0.5) is 29.2 Å². The number of aliphatic carboxylic acids is 1. The number of carboxylic acid groups (broad SMARTS) is 1. The first-order valence-corrected chi connectivity index (χ1v) is 8.93. The van der Waals surface area contributed by atoms with Crippen LogP contribution in [0, 0.1) is 5.82 Å². The molecule has 1 aromatic heterocycles. The third kappa shape index (κ3) is 6.36. The van der Waals surface area contributed by atoms with Crippen LogP contribution in [0.1, 0.15) is 36.5 Å². The third-order valence-corrected chi connectivity index (χ3v) is 4.12. The zero-order chi connectivity index (χ0) is 22.3. The van der Waals surface area contributed by atoms with Crippen LogP contribution >= 0.6 is 0 Å². The van der Waals surface area contributed by atoms with Gasteiger partial charge in [-0.05, 0) is 18.6 Å². The molecule has 0 spiro atoms. The predicted octanol–water partition coefficient (Wildman–Crippen LogP) is 4.20. The van der Waals surface area contributed by atoms with Crippen LogP contribution in [0.25, 0.3) is 0 Å². The molecule has 0 aliphatic rings. The van der Waals surface area contributed by atoms with Gasteiger partial charge in [0.1, 0.15) is 0 Å². The summed E-state index contributed by atoms with van der Waals surface area (Å²) in [4.78, 5) is 18.6. The summed E-state index contributed by atoms with van der Waals surface area (Å²) in [6, 6.07) is 3.97. The Kier molecular flexibility index (Phi) is 8.07. The number of alkyl halides is 3. The first-order chi connectivity index (χ1) is 14.2. The summed E-state index contributed by atoms with van der Waals surface area (Å²) in [7, 11) is 1.39. The van der Waals surface area contributed by atoms with Gasteiger partial charge in [0.25, 0.3) is 0 Å². The maximum absolute atomic E-state index is 13.6. The summed E-state index contributed by atoms with van der Waals surface area (Å²) in [5.41, 5.74) is 0.152. The molecule has 0 saturated carbocycles. The highest BCUT2D eigenvalue weighted by molar-refractivity contribution is 5.69. The number of ether oxygens (including phenoxy) is 2. The quantitative estimate of drug-likeness (QED) is 0.545. The number of anilines is 2. The molecule has 7 nitrogen and oxygen atoms in total. The number of benzene rings is 1. The minimum Gasteiger partial charge on any atom is -0.481 e. The summed E-state index contributed by atoms with van der Waals surface area (Å²) >= 11 is 0. The average Bonchev–Trinajstić information content (AvgIpc) is 2.67. The lowest BCUT2D eigenvalue weighted by Crippen LogP contribution is -2.25. The molecule has 0 aliphatic carbocycles. The van der Waals surface area contributed by atoms with Crippen LogP contribution in [0.15, 0.2) is 30.6 Å². The largest absolute Gasteiger partial charge is 0.481 e. The molecule has 0 aliphatic heterocycles. The molecule has 2 rings (SSSR count). The van der Waals surface area contributed by atoms with Crippen molar-refractivity contribution in [3.05, 3.63) is 47.5 Å². The Hall–Kier alpha value is -2.79. The number of nitrogens with zero attached hydrogens (tertiary/aromatic N) is 2. The zero-order valence-electron chi connectivity index (χ0n) is 16.2. The number of hydrogen-bond acceptors (Lipinski definition) is 6. The molecule has 0 amide bonds. The second-order valence-electron chi connectivity index (χ2n) is 6.32. The van der Waals surface area contributed by atoms with Gasteiger partial charge >= 0.3 is 12.1 Å². The fourth-order valence-electron chi connectivity index (χ4n) is 2.87. The van der Waals surface area contributed by atoms with Crippen molar-refractivity contribution in [3.8, 4) is 0 Å². The van der Waals surface area contributed by atoms with E-state index >= 15 is 0 Å². The lowest BCUT2D eigenvalue weighted by atomic mass is 9.93. The van der Waals surface area contributed by atoms with Crippen LogP contribution in [-0.2, 0) is 14.3 Å². The lowest BCUT2D eigenvalue weighted by Gasteiger charge is -2.25. The Labute approximate surface area is 170 Å². The standard InChI is InChI=1S/C19H21F4N3O4/c1-3-30-17(19(21,22)23)14-5-4-11(12(10-29-2)7-16(27)28)6-15(14)26-18-24-8-13(20)9-25-18/h4-6,8-9,12,17H,3,7,10H2,1-2H3,(H,27,28)(H,24,25,26)/t12?,17-/m0/s1. The van der Waals surface area contributed by atoms with Crippen molar-refractivity contribution in [2.45, 2.75) is 31.5 Å². The number of carboxylic acids is 1. The van der Waals surface area contributed by atoms with E-state index in [9.17, 15) is 22.4 Å². The molecule has 0 bridgehead atoms. The van der Waals surface area contributed by atoms with Crippen molar-refractivity contribution in [1.29, 1.82) is 0 Å². The van der Waals surface area contributed by atoms with E-state index in [0.29, 0.717) is 5.56 Å². The van der Waals surface area contributed by atoms with E-state index < -0.39 is 30.0 Å². The minimum absolute atomic E-state index is 0.0404. The molecule has 2 atom stereocenters. The molecule has 30 heavy (non-hydrogen) atoms. The summed E-state index contributed by atoms with van der Waals surface area (Å²) in [5, 5.41) is 11.8. The second kappa shape index (κ2) is 10.3. The van der Waals surface area contributed by atoms with Crippen molar-refractivity contribution in [2.75, 3.05) is 25.6 Å².